The lowest BCUT2D eigenvalue weighted by Gasteiger charge is -2.10. The number of rotatable bonds is 3. The Hall–Kier alpha value is -2.41. The number of thiocarbonyl (C=S) groups is 1. The molecule has 0 bridgehead atoms. The second kappa shape index (κ2) is 7.44. The third kappa shape index (κ3) is 5.06. The van der Waals surface area contributed by atoms with Gasteiger partial charge in [0.2, 0.25) is 0 Å². The number of aryl methyl sites for hydroxylation is 2. The molecule has 126 valence electrons. The van der Waals surface area contributed by atoms with Gasteiger partial charge in [-0.05, 0) is 55.4 Å². The maximum atomic E-state index is 12.5. The van der Waals surface area contributed by atoms with Crippen LogP contribution < -0.4 is 10.7 Å². The molecule has 7 heteroatoms. The van der Waals surface area contributed by atoms with E-state index in [1.54, 1.807) is 0 Å². The summed E-state index contributed by atoms with van der Waals surface area (Å²) in [6.45, 7) is 3.96. The first-order chi connectivity index (χ1) is 11.3. The van der Waals surface area contributed by atoms with Crippen LogP contribution in [0.1, 0.15) is 22.3 Å². The molecule has 0 atom stereocenters. The van der Waals surface area contributed by atoms with Crippen LogP contribution in [-0.4, -0.2) is 11.3 Å². The number of anilines is 1. The van der Waals surface area contributed by atoms with Crippen LogP contribution in [0.15, 0.2) is 47.6 Å². The average Bonchev–Trinajstić information content (AvgIpc) is 2.50. The smallest absolute Gasteiger partial charge is 0.331 e. The minimum Gasteiger partial charge on any atom is -0.331 e. The van der Waals surface area contributed by atoms with Crippen LogP contribution in [0.25, 0.3) is 0 Å². The maximum Gasteiger partial charge on any atom is 0.416 e. The van der Waals surface area contributed by atoms with Crippen LogP contribution in [0.2, 0.25) is 0 Å². The zero-order valence-electron chi connectivity index (χ0n) is 13.1. The number of hydrogen-bond donors (Lipinski definition) is 2. The molecular weight excluding hydrogens is 335 g/mol. The van der Waals surface area contributed by atoms with Gasteiger partial charge in [-0.1, -0.05) is 29.8 Å². The first-order valence-electron chi connectivity index (χ1n) is 7.10. The first kappa shape index (κ1) is 17.9. The molecule has 0 unspecified atom stereocenters. The molecule has 0 saturated carbocycles. The summed E-state index contributed by atoms with van der Waals surface area (Å²) in [7, 11) is 0. The molecule has 0 radical (unpaired) electrons. The third-order valence-electron chi connectivity index (χ3n) is 3.25. The summed E-state index contributed by atoms with van der Waals surface area (Å²) in [5, 5.41) is 7.22. The monoisotopic (exact) mass is 351 g/mol. The van der Waals surface area contributed by atoms with Crippen LogP contribution >= 0.6 is 12.2 Å². The summed E-state index contributed by atoms with van der Waals surface area (Å²) in [5.41, 5.74) is 5.53. The highest BCUT2D eigenvalue weighted by Crippen LogP contribution is 2.28. The van der Waals surface area contributed by atoms with Crippen LogP contribution in [0.3, 0.4) is 0 Å². The highest BCUT2D eigenvalue weighted by molar-refractivity contribution is 7.80. The summed E-state index contributed by atoms with van der Waals surface area (Å²) in [6.07, 6.45) is -2.94. The van der Waals surface area contributed by atoms with Gasteiger partial charge in [0.15, 0.2) is 5.11 Å². The second-order valence-corrected chi connectivity index (χ2v) is 5.67. The summed E-state index contributed by atoms with van der Waals surface area (Å²) < 4.78 is 37.4. The second-order valence-electron chi connectivity index (χ2n) is 5.26. The fourth-order valence-electron chi connectivity index (χ4n) is 2.03. The zero-order chi connectivity index (χ0) is 17.7. The molecule has 0 aliphatic heterocycles. The predicted molar refractivity (Wildman–Crippen MR) is 94.3 cm³/mol. The van der Waals surface area contributed by atoms with E-state index in [4.69, 9.17) is 12.2 Å². The SMILES string of the molecule is Cc1ccc(NC(=S)NN=Cc2ccc(C(F)(F)F)cc2)c(C)c1. The van der Waals surface area contributed by atoms with Crippen molar-refractivity contribution >= 4 is 29.2 Å². The number of halogens is 3. The molecule has 2 rings (SSSR count). The Labute approximate surface area is 143 Å². The fourth-order valence-corrected chi connectivity index (χ4v) is 2.19. The maximum absolute atomic E-state index is 12.5. The van der Waals surface area contributed by atoms with E-state index in [1.807, 2.05) is 32.0 Å². The quantitative estimate of drug-likeness (QED) is 0.480. The number of nitrogens with one attached hydrogen (secondary N) is 2. The van der Waals surface area contributed by atoms with E-state index in [1.165, 1.54) is 18.3 Å². The van der Waals surface area contributed by atoms with Crippen molar-refractivity contribution in [3.8, 4) is 0 Å². The van der Waals surface area contributed by atoms with Gasteiger partial charge in [-0.3, -0.25) is 5.43 Å². The lowest BCUT2D eigenvalue weighted by atomic mass is 10.1. The van der Waals surface area contributed by atoms with E-state index >= 15 is 0 Å². The molecule has 2 aromatic carbocycles. The van der Waals surface area contributed by atoms with Gasteiger partial charge in [-0.25, -0.2) is 0 Å². The zero-order valence-corrected chi connectivity index (χ0v) is 13.9. The third-order valence-corrected chi connectivity index (χ3v) is 3.44. The van der Waals surface area contributed by atoms with Gasteiger partial charge in [-0.2, -0.15) is 18.3 Å². The Bertz CT molecular complexity index is 753. The Morgan fingerprint density at radius 2 is 1.75 bits per heavy atom. The number of hydrogen-bond acceptors (Lipinski definition) is 2. The molecule has 0 saturated heterocycles. The van der Waals surface area contributed by atoms with Gasteiger partial charge in [0.1, 0.15) is 0 Å². The average molecular weight is 351 g/mol. The standard InChI is InChI=1S/C17H16F3N3S/c1-11-3-8-15(12(2)9-11)22-16(24)23-21-10-13-4-6-14(7-5-13)17(18,19)20/h3-10H,1-2H3,(H2,22,23,24). The Balaban J connectivity index is 1.92. The topological polar surface area (TPSA) is 36.4 Å². The number of hydrazone groups is 1. The van der Waals surface area contributed by atoms with Crippen molar-refractivity contribution in [2.75, 3.05) is 5.32 Å². The molecule has 0 heterocycles. The van der Waals surface area contributed by atoms with Crippen LogP contribution in [0.4, 0.5) is 18.9 Å². The van der Waals surface area contributed by atoms with Gasteiger partial charge >= 0.3 is 6.18 Å². The predicted octanol–water partition coefficient (Wildman–Crippen LogP) is 4.64. The van der Waals surface area contributed by atoms with Crippen molar-refractivity contribution in [1.82, 2.24) is 5.43 Å². The summed E-state index contributed by atoms with van der Waals surface area (Å²) in [6, 6.07) is 10.6. The largest absolute Gasteiger partial charge is 0.416 e. The van der Waals surface area contributed by atoms with Crippen molar-refractivity contribution in [1.29, 1.82) is 0 Å². The molecule has 2 N–H and O–H groups in total. The van der Waals surface area contributed by atoms with E-state index in [9.17, 15) is 13.2 Å². The Morgan fingerprint density at radius 1 is 1.08 bits per heavy atom. The van der Waals surface area contributed by atoms with E-state index in [0.717, 1.165) is 28.9 Å². The molecule has 0 aliphatic rings. The molecule has 0 aliphatic carbocycles. The lowest BCUT2D eigenvalue weighted by molar-refractivity contribution is -0.137. The van der Waals surface area contributed by atoms with E-state index < -0.39 is 11.7 Å². The minimum absolute atomic E-state index is 0.296. The van der Waals surface area contributed by atoms with Crippen molar-refractivity contribution in [2.45, 2.75) is 20.0 Å². The van der Waals surface area contributed by atoms with Crippen LogP contribution in [-0.2, 0) is 6.18 Å². The molecule has 3 nitrogen and oxygen atoms in total. The van der Waals surface area contributed by atoms with Gasteiger partial charge in [0.25, 0.3) is 0 Å². The molecule has 24 heavy (non-hydrogen) atoms. The normalized spacial score (nSPS) is 11.5. The highest BCUT2D eigenvalue weighted by atomic mass is 32.1. The molecule has 0 amide bonds. The van der Waals surface area contributed by atoms with E-state index in [-0.39, 0.29) is 0 Å². The summed E-state index contributed by atoms with van der Waals surface area (Å²) in [5.74, 6) is 0. The minimum atomic E-state index is -4.34. The lowest BCUT2D eigenvalue weighted by Crippen LogP contribution is -2.24. The Kier molecular flexibility index (Phi) is 5.56. The number of nitrogens with zero attached hydrogens (tertiary/aromatic N) is 1. The molecular formula is C17H16F3N3S. The van der Waals surface area contributed by atoms with Gasteiger partial charge < -0.3 is 5.32 Å². The van der Waals surface area contributed by atoms with Crippen molar-refractivity contribution < 1.29 is 13.2 Å². The van der Waals surface area contributed by atoms with Gasteiger partial charge in [0.05, 0.1) is 11.8 Å². The molecule has 0 fully saturated rings. The summed E-state index contributed by atoms with van der Waals surface area (Å²) >= 11 is 5.13. The number of alkyl halides is 3. The molecule has 2 aromatic rings. The van der Waals surface area contributed by atoms with Crippen molar-refractivity contribution in [2.24, 2.45) is 5.10 Å². The fraction of sp³-hybridized carbons (Fsp3) is 0.176. The van der Waals surface area contributed by atoms with Crippen molar-refractivity contribution in [3.05, 3.63) is 64.7 Å². The first-order valence-corrected chi connectivity index (χ1v) is 7.51. The van der Waals surface area contributed by atoms with Crippen molar-refractivity contribution in [3.63, 3.8) is 0 Å². The Morgan fingerprint density at radius 3 is 2.33 bits per heavy atom. The van der Waals surface area contributed by atoms with Gasteiger partial charge in [-0.15, -0.1) is 0 Å². The summed E-state index contributed by atoms with van der Waals surface area (Å²) in [4.78, 5) is 0. The van der Waals surface area contributed by atoms with Crippen LogP contribution in [0.5, 0.6) is 0 Å². The highest BCUT2D eigenvalue weighted by Gasteiger charge is 2.29. The number of benzene rings is 2. The van der Waals surface area contributed by atoms with Gasteiger partial charge in [0, 0.05) is 5.69 Å². The molecule has 0 aromatic heterocycles. The van der Waals surface area contributed by atoms with E-state index in [2.05, 4.69) is 15.8 Å². The molecule has 0 spiro atoms. The van der Waals surface area contributed by atoms with Crippen LogP contribution in [0, 0.1) is 13.8 Å². The van der Waals surface area contributed by atoms with E-state index in [0.29, 0.717) is 10.7 Å².